The highest BCUT2D eigenvalue weighted by Gasteiger charge is 2.77. The van der Waals surface area contributed by atoms with Crippen LogP contribution in [-0.4, -0.2) is 75.5 Å². The molecule has 8 aliphatic rings. The Morgan fingerprint density at radius 2 is 1.80 bits per heavy atom. The number of ketones is 1. The van der Waals surface area contributed by atoms with Crippen molar-refractivity contribution in [2.45, 2.75) is 173 Å². The largest absolute Gasteiger partial charge is 0.393 e. The van der Waals surface area contributed by atoms with Gasteiger partial charge >= 0.3 is 0 Å². The van der Waals surface area contributed by atoms with E-state index in [1.165, 1.54) is 6.42 Å². The van der Waals surface area contributed by atoms with Gasteiger partial charge in [0.05, 0.1) is 23.9 Å². The molecule has 3 aliphatic heterocycles. The summed E-state index contributed by atoms with van der Waals surface area (Å²) in [7, 11) is 0. The number of carbonyl (C=O) groups is 1. The molecule has 8 heteroatoms. The minimum atomic E-state index is -1.05. The maximum absolute atomic E-state index is 14.3. The monoisotopic (exact) mass is 683 g/mol. The van der Waals surface area contributed by atoms with Crippen molar-refractivity contribution in [3.63, 3.8) is 0 Å². The Labute approximate surface area is 294 Å². The lowest BCUT2D eigenvalue weighted by Crippen LogP contribution is -2.94. The highest BCUT2D eigenvalue weighted by Crippen LogP contribution is 2.75. The molecule has 49 heavy (non-hydrogen) atoms. The first-order chi connectivity index (χ1) is 23.0. The van der Waals surface area contributed by atoms with Crippen molar-refractivity contribution in [1.82, 2.24) is 0 Å². The Hall–Kier alpha value is -0.870. The van der Waals surface area contributed by atoms with Crippen molar-refractivity contribution >= 4 is 5.78 Å². The van der Waals surface area contributed by atoms with Crippen molar-refractivity contribution < 1.29 is 34.9 Å². The van der Waals surface area contributed by atoms with Gasteiger partial charge in [-0.3, -0.25) is 10.5 Å². The number of ether oxygens (including phenoxy) is 2. The van der Waals surface area contributed by atoms with E-state index in [0.29, 0.717) is 24.9 Å². The van der Waals surface area contributed by atoms with Gasteiger partial charge in [-0.15, -0.1) is 0 Å². The van der Waals surface area contributed by atoms with Gasteiger partial charge in [-0.05, 0) is 142 Å². The average molecular weight is 684 g/mol. The van der Waals surface area contributed by atoms with E-state index in [1.807, 2.05) is 6.92 Å². The Morgan fingerprint density at radius 3 is 2.53 bits per heavy atom. The summed E-state index contributed by atoms with van der Waals surface area (Å²) in [6.45, 7) is 15.1. The van der Waals surface area contributed by atoms with E-state index in [9.17, 15) is 20.1 Å². The zero-order chi connectivity index (χ0) is 34.9. The van der Waals surface area contributed by atoms with E-state index in [4.69, 9.17) is 15.2 Å². The van der Waals surface area contributed by atoms with Crippen LogP contribution in [0.1, 0.15) is 131 Å². The summed E-state index contributed by atoms with van der Waals surface area (Å²) < 4.78 is 13.9. The molecule has 0 aromatic rings. The van der Waals surface area contributed by atoms with E-state index < -0.39 is 28.3 Å². The van der Waals surface area contributed by atoms with Crippen LogP contribution >= 0.6 is 0 Å². The maximum Gasteiger partial charge on any atom is 0.162 e. The second-order valence-electron chi connectivity index (χ2n) is 20.1. The van der Waals surface area contributed by atoms with Crippen LogP contribution in [0.25, 0.3) is 0 Å². The lowest BCUT2D eigenvalue weighted by molar-refractivity contribution is -0.699. The number of piperidine rings is 1. The second kappa shape index (κ2) is 11.6. The normalized spacial score (nSPS) is 52.3. The molecule has 8 nitrogen and oxygen atoms in total. The number of nitrogens with two attached hydrogens (primary N) is 2. The van der Waals surface area contributed by atoms with Gasteiger partial charge < -0.3 is 30.1 Å². The quantitative estimate of drug-likeness (QED) is 0.251. The van der Waals surface area contributed by atoms with Gasteiger partial charge in [0.2, 0.25) is 0 Å². The molecule has 0 radical (unpaired) electrons. The first-order valence-corrected chi connectivity index (χ1v) is 20.3. The molecular weight excluding hydrogens is 616 g/mol. The number of hydrogen-bond acceptors (Lipinski definition) is 7. The van der Waals surface area contributed by atoms with Crippen LogP contribution in [-0.2, 0) is 14.3 Å². The molecular formula is C41H67N2O6+. The van der Waals surface area contributed by atoms with Crippen LogP contribution in [0.5, 0.6) is 0 Å². The molecule has 6 fully saturated rings. The van der Waals surface area contributed by atoms with Gasteiger partial charge in [0, 0.05) is 24.4 Å². The van der Waals surface area contributed by atoms with Crippen molar-refractivity contribution in [3.05, 3.63) is 11.1 Å². The number of aliphatic hydroxyl groups is 3. The van der Waals surface area contributed by atoms with E-state index in [1.54, 1.807) is 0 Å². The van der Waals surface area contributed by atoms with Crippen LogP contribution in [0, 0.1) is 51.8 Å². The summed E-state index contributed by atoms with van der Waals surface area (Å²) in [4.78, 5) is 14.3. The van der Waals surface area contributed by atoms with Crippen LogP contribution in [0.4, 0.5) is 0 Å². The second-order valence-corrected chi connectivity index (χ2v) is 20.1. The predicted molar refractivity (Wildman–Crippen MR) is 187 cm³/mol. The fraction of sp³-hybridized carbons (Fsp3) is 0.927. The summed E-state index contributed by atoms with van der Waals surface area (Å²) in [5, 5.41) is 38.8. The number of carbonyl (C=O) groups excluding carboxylic acids is 1. The number of epoxide rings is 1. The molecule has 3 saturated carbocycles. The summed E-state index contributed by atoms with van der Waals surface area (Å²) in [6, 6.07) is 0. The summed E-state index contributed by atoms with van der Waals surface area (Å²) in [5.74, 6) is 1.45. The van der Waals surface area contributed by atoms with Gasteiger partial charge in [-0.2, -0.15) is 0 Å². The average Bonchev–Trinajstić information content (AvgIpc) is 3.83. The maximum atomic E-state index is 14.3. The number of fused-ring (bicyclic) bond motifs is 2. The Balaban J connectivity index is 1.12. The molecule has 0 aromatic heterocycles. The third-order valence-electron chi connectivity index (χ3n) is 17.2. The minimum Gasteiger partial charge on any atom is -0.393 e. The number of allylic oxidation sites excluding steroid dienone is 1. The molecule has 0 bridgehead atoms. The van der Waals surface area contributed by atoms with Gasteiger partial charge in [0.25, 0.3) is 0 Å². The van der Waals surface area contributed by atoms with Crippen LogP contribution in [0.3, 0.4) is 0 Å². The molecule has 8 rings (SSSR count). The number of hydrogen-bond donors (Lipinski definition) is 5. The topological polar surface area (TPSA) is 142 Å². The van der Waals surface area contributed by atoms with Gasteiger partial charge in [0.15, 0.2) is 5.78 Å². The smallest absolute Gasteiger partial charge is 0.162 e. The van der Waals surface area contributed by atoms with Gasteiger partial charge in [-0.25, -0.2) is 0 Å². The van der Waals surface area contributed by atoms with E-state index >= 15 is 0 Å². The van der Waals surface area contributed by atoms with E-state index in [-0.39, 0.29) is 58.7 Å². The van der Waals surface area contributed by atoms with Gasteiger partial charge in [0.1, 0.15) is 24.0 Å². The lowest BCUT2D eigenvalue weighted by atomic mass is 9.42. The summed E-state index contributed by atoms with van der Waals surface area (Å²) in [6.07, 6.45) is 11.7. The van der Waals surface area contributed by atoms with Crippen LogP contribution in [0.15, 0.2) is 11.1 Å². The minimum absolute atomic E-state index is 0.0632. The lowest BCUT2D eigenvalue weighted by Gasteiger charge is -2.63. The van der Waals surface area contributed by atoms with E-state index in [2.05, 4.69) is 39.9 Å². The highest BCUT2D eigenvalue weighted by molar-refractivity contribution is 6.00. The van der Waals surface area contributed by atoms with E-state index in [0.717, 1.165) is 94.7 Å². The zero-order valence-electron chi connectivity index (χ0n) is 31.3. The highest BCUT2D eigenvalue weighted by atomic mass is 16.6. The third-order valence-corrected chi connectivity index (χ3v) is 17.2. The molecule has 0 spiro atoms. The number of rotatable bonds is 7. The molecule has 3 heterocycles. The van der Waals surface area contributed by atoms with Crippen molar-refractivity contribution in [2.75, 3.05) is 13.2 Å². The fourth-order valence-corrected chi connectivity index (χ4v) is 13.7. The fourth-order valence-electron chi connectivity index (χ4n) is 13.7. The first-order valence-electron chi connectivity index (χ1n) is 20.3. The molecule has 0 aromatic carbocycles. The Morgan fingerprint density at radius 1 is 1.02 bits per heavy atom. The van der Waals surface area contributed by atoms with Crippen LogP contribution in [0.2, 0.25) is 0 Å². The predicted octanol–water partition coefficient (Wildman–Crippen LogP) is 4.38. The third kappa shape index (κ3) is 4.89. The molecule has 3 saturated heterocycles. The van der Waals surface area contributed by atoms with Crippen molar-refractivity contribution in [1.29, 1.82) is 0 Å². The van der Waals surface area contributed by atoms with Crippen LogP contribution < -0.4 is 11.1 Å². The zero-order valence-corrected chi connectivity index (χ0v) is 31.3. The van der Waals surface area contributed by atoms with Gasteiger partial charge in [-0.1, -0.05) is 34.6 Å². The molecule has 7 N–H and O–H groups in total. The van der Waals surface area contributed by atoms with Crippen molar-refractivity contribution in [3.8, 4) is 0 Å². The molecule has 15 unspecified atom stereocenters. The Kier molecular flexibility index (Phi) is 8.30. The Bertz CT molecular complexity index is 1380. The molecule has 0 amide bonds. The molecule has 276 valence electrons. The SMILES string of the molecule is CC1CCOC(C2OC2C(C)(O)C(C)(C)CCC2CC[NH2+]C(N)C2)(C2CC3CCC4=C5C(CCC2(C)C53O)C2(C)CCC(O)CC2C4=O)C1. The number of quaternary nitrogens is 1. The molecule has 15 atom stereocenters. The number of aliphatic hydroxyl groups excluding tert-OH is 1. The standard InChI is InChI=1S/C41H66N2O6/c1-23-13-18-48-40(22-23,35-34(49-35)39(6,46)36(2,3)14-9-24-12-17-43-31(42)19-24)30-20-25-7-8-27-32-28(11-16-38(30,5)41(25,32)47)37(4)15-10-26(44)21-29(37)33(27)45/h23-26,28-31,34-35,43-44,46-47H,7-22,42H2,1-6H3/p+1. The summed E-state index contributed by atoms with van der Waals surface area (Å²) >= 11 is 0. The van der Waals surface area contributed by atoms with Crippen molar-refractivity contribution in [2.24, 2.45) is 57.5 Å². The number of Topliss-reactive ketones (excluding diaryl/α,β-unsaturated/α-hetero) is 1. The molecule has 5 aliphatic carbocycles. The first kappa shape index (κ1) is 35.2. The summed E-state index contributed by atoms with van der Waals surface area (Å²) in [5.41, 5.74) is 4.56.